The first-order valence-corrected chi connectivity index (χ1v) is 9.40. The number of halogens is 1. The maximum atomic E-state index is 12.2. The van der Waals surface area contributed by atoms with Crippen LogP contribution in [0.4, 0.5) is 0 Å². The van der Waals surface area contributed by atoms with Gasteiger partial charge < -0.3 is 4.74 Å². The van der Waals surface area contributed by atoms with Crippen LogP contribution in [0.15, 0.2) is 5.10 Å². The molecule has 0 aromatic rings. The van der Waals surface area contributed by atoms with Crippen LogP contribution in [0, 0.1) is 17.8 Å². The summed E-state index contributed by atoms with van der Waals surface area (Å²) in [5.41, 5.74) is 4.31. The zero-order valence-corrected chi connectivity index (χ0v) is 15.5. The molecule has 2 aliphatic rings. The second-order valence-corrected chi connectivity index (χ2v) is 7.92. The van der Waals surface area contributed by atoms with Gasteiger partial charge in [-0.3, -0.25) is 14.8 Å². The molecule has 0 radical (unpaired) electrons. The number of hydrazone groups is 1. The lowest BCUT2D eigenvalue weighted by Crippen LogP contribution is -2.36. The van der Waals surface area contributed by atoms with Crippen molar-refractivity contribution in [2.45, 2.75) is 55.9 Å². The third-order valence-corrected chi connectivity index (χ3v) is 5.92. The predicted octanol–water partition coefficient (Wildman–Crippen LogP) is 1.98. The predicted molar refractivity (Wildman–Crippen MR) is 92.9 cm³/mol. The summed E-state index contributed by atoms with van der Waals surface area (Å²) < 4.78 is 5.49. The number of ether oxygens (including phenoxy) is 1. The number of amides is 2. The highest BCUT2D eigenvalue weighted by molar-refractivity contribution is 9.09. The minimum atomic E-state index is -0.362. The summed E-state index contributed by atoms with van der Waals surface area (Å²) in [4.78, 5) is 24.0. The molecule has 0 heterocycles. The number of rotatable bonds is 5. The molecule has 0 saturated heterocycles. The third kappa shape index (κ3) is 5.26. The van der Waals surface area contributed by atoms with E-state index in [0.717, 1.165) is 19.3 Å². The summed E-state index contributed by atoms with van der Waals surface area (Å²) in [6.45, 7) is 0. The number of nitrogens with zero attached hydrogens (tertiary/aromatic N) is 1. The Balaban J connectivity index is 1.77. The van der Waals surface area contributed by atoms with Gasteiger partial charge in [0.2, 0.25) is 11.8 Å². The third-order valence-electron chi connectivity index (χ3n) is 5.09. The molecule has 8 heteroatoms. The number of hydrogen-bond donors (Lipinski definition) is 3. The molecule has 136 valence electrons. The van der Waals surface area contributed by atoms with Crippen molar-refractivity contribution in [2.75, 3.05) is 7.11 Å². The normalized spacial score (nSPS) is 34.0. The Morgan fingerprint density at radius 3 is 2.33 bits per heavy atom. The zero-order chi connectivity index (χ0) is 17.5. The molecule has 3 atom stereocenters. The van der Waals surface area contributed by atoms with Gasteiger partial charge in [-0.2, -0.15) is 5.10 Å². The molecule has 2 fully saturated rings. The molecule has 2 saturated carbocycles. The van der Waals surface area contributed by atoms with Crippen LogP contribution < -0.4 is 10.9 Å². The Morgan fingerprint density at radius 1 is 1.12 bits per heavy atom. The second kappa shape index (κ2) is 9.48. The van der Waals surface area contributed by atoms with Crippen molar-refractivity contribution in [1.82, 2.24) is 10.9 Å². The Morgan fingerprint density at radius 2 is 1.75 bits per heavy atom. The lowest BCUT2D eigenvalue weighted by molar-refractivity contribution is -0.136. The van der Waals surface area contributed by atoms with Gasteiger partial charge in [-0.1, -0.05) is 15.9 Å². The molecule has 0 bridgehead atoms. The van der Waals surface area contributed by atoms with E-state index in [9.17, 15) is 9.59 Å². The van der Waals surface area contributed by atoms with Crippen molar-refractivity contribution < 1.29 is 19.5 Å². The largest absolute Gasteiger partial charge is 0.381 e. The number of methoxy groups -OCH3 is 1. The van der Waals surface area contributed by atoms with Crippen LogP contribution >= 0.6 is 15.9 Å². The van der Waals surface area contributed by atoms with E-state index in [2.05, 4.69) is 26.5 Å². The Hall–Kier alpha value is -0.990. The van der Waals surface area contributed by atoms with Gasteiger partial charge >= 0.3 is 0 Å². The summed E-state index contributed by atoms with van der Waals surface area (Å²) in [5.74, 6) is -0.604. The van der Waals surface area contributed by atoms with E-state index < -0.39 is 0 Å². The number of alkyl halides is 1. The first-order valence-electron chi connectivity index (χ1n) is 8.49. The standard InChI is InChI=1S/C16H26BrN3O4/c1-24-14-7-6-13(17)8-12(14)9-18-19-15(21)10-2-4-11(5-3-10)16(22)20-23/h9-14,23H,2-8H2,1H3,(H,19,21)(H,20,22)/b18-9+. The van der Waals surface area contributed by atoms with E-state index in [1.165, 1.54) is 0 Å². The monoisotopic (exact) mass is 403 g/mol. The topological polar surface area (TPSA) is 100 Å². The minimum absolute atomic E-state index is 0.103. The molecule has 0 aromatic carbocycles. The quantitative estimate of drug-likeness (QED) is 0.282. The van der Waals surface area contributed by atoms with E-state index in [0.29, 0.717) is 30.5 Å². The first kappa shape index (κ1) is 19.3. The summed E-state index contributed by atoms with van der Waals surface area (Å²) in [6, 6.07) is 0. The number of hydrogen-bond acceptors (Lipinski definition) is 5. The van der Waals surface area contributed by atoms with E-state index in [1.54, 1.807) is 18.8 Å². The van der Waals surface area contributed by atoms with Gasteiger partial charge in [-0.15, -0.1) is 0 Å². The van der Waals surface area contributed by atoms with Crippen molar-refractivity contribution in [2.24, 2.45) is 22.9 Å². The molecule has 0 aromatic heterocycles. The van der Waals surface area contributed by atoms with Crippen molar-refractivity contribution in [1.29, 1.82) is 0 Å². The lowest BCUT2D eigenvalue weighted by atomic mass is 9.81. The smallest absolute Gasteiger partial charge is 0.246 e. The van der Waals surface area contributed by atoms with Gasteiger partial charge in [0.15, 0.2) is 0 Å². The van der Waals surface area contributed by atoms with Crippen LogP contribution in [0.5, 0.6) is 0 Å². The van der Waals surface area contributed by atoms with Crippen molar-refractivity contribution in [3.63, 3.8) is 0 Å². The average Bonchev–Trinajstić information content (AvgIpc) is 2.61. The molecule has 2 rings (SSSR count). The van der Waals surface area contributed by atoms with Gasteiger partial charge in [0, 0.05) is 35.9 Å². The molecule has 3 unspecified atom stereocenters. The molecule has 7 nitrogen and oxygen atoms in total. The number of carbonyl (C=O) groups excluding carboxylic acids is 2. The van der Waals surface area contributed by atoms with Crippen LogP contribution in [0.2, 0.25) is 0 Å². The van der Waals surface area contributed by atoms with E-state index in [-0.39, 0.29) is 35.7 Å². The fraction of sp³-hybridized carbons (Fsp3) is 0.812. The van der Waals surface area contributed by atoms with Crippen LogP contribution in [0.3, 0.4) is 0 Å². The summed E-state index contributed by atoms with van der Waals surface area (Å²) >= 11 is 3.64. The van der Waals surface area contributed by atoms with Crippen LogP contribution in [0.25, 0.3) is 0 Å². The SMILES string of the molecule is COC1CCC(Br)CC1/C=N/NC(=O)C1CCC(C(=O)NO)CC1. The highest BCUT2D eigenvalue weighted by atomic mass is 79.9. The van der Waals surface area contributed by atoms with Crippen molar-refractivity contribution >= 4 is 34.0 Å². The van der Waals surface area contributed by atoms with E-state index >= 15 is 0 Å². The van der Waals surface area contributed by atoms with Gasteiger partial charge in [0.1, 0.15) is 0 Å². The molecule has 24 heavy (non-hydrogen) atoms. The fourth-order valence-corrected chi connectivity index (χ4v) is 4.27. The second-order valence-electron chi connectivity index (χ2n) is 6.63. The van der Waals surface area contributed by atoms with E-state index in [4.69, 9.17) is 9.94 Å². The van der Waals surface area contributed by atoms with Crippen LogP contribution in [0.1, 0.15) is 44.9 Å². The molecule has 2 amide bonds. The lowest BCUT2D eigenvalue weighted by Gasteiger charge is -2.30. The molecule has 3 N–H and O–H groups in total. The number of nitrogens with one attached hydrogen (secondary N) is 2. The molecular formula is C16H26BrN3O4. The summed E-state index contributed by atoms with van der Waals surface area (Å²) in [6.07, 6.45) is 7.41. The molecule has 0 aliphatic heterocycles. The Labute approximate surface area is 150 Å². The summed E-state index contributed by atoms with van der Waals surface area (Å²) in [7, 11) is 1.71. The maximum absolute atomic E-state index is 12.2. The average molecular weight is 404 g/mol. The maximum Gasteiger partial charge on any atom is 0.246 e. The number of hydroxylamine groups is 1. The Kier molecular flexibility index (Phi) is 7.64. The highest BCUT2D eigenvalue weighted by Crippen LogP contribution is 2.30. The molecule has 2 aliphatic carbocycles. The summed E-state index contributed by atoms with van der Waals surface area (Å²) in [5, 5.41) is 12.8. The van der Waals surface area contributed by atoms with E-state index in [1.807, 2.05) is 0 Å². The van der Waals surface area contributed by atoms with Crippen molar-refractivity contribution in [3.8, 4) is 0 Å². The van der Waals surface area contributed by atoms with Gasteiger partial charge in [-0.25, -0.2) is 10.9 Å². The molecular weight excluding hydrogens is 378 g/mol. The highest BCUT2D eigenvalue weighted by Gasteiger charge is 2.30. The minimum Gasteiger partial charge on any atom is -0.381 e. The fourth-order valence-electron chi connectivity index (χ4n) is 3.57. The zero-order valence-electron chi connectivity index (χ0n) is 13.9. The van der Waals surface area contributed by atoms with Crippen LogP contribution in [-0.4, -0.2) is 41.3 Å². The van der Waals surface area contributed by atoms with Gasteiger partial charge in [0.25, 0.3) is 0 Å². The van der Waals surface area contributed by atoms with Crippen LogP contribution in [-0.2, 0) is 14.3 Å². The van der Waals surface area contributed by atoms with Gasteiger partial charge in [-0.05, 0) is 44.9 Å². The first-order chi connectivity index (χ1) is 11.5. The van der Waals surface area contributed by atoms with Crippen molar-refractivity contribution in [3.05, 3.63) is 0 Å². The molecule has 0 spiro atoms. The Bertz CT molecular complexity index is 466. The number of carbonyl (C=O) groups is 2. The van der Waals surface area contributed by atoms with Gasteiger partial charge in [0.05, 0.1) is 6.10 Å².